The molecule has 0 saturated heterocycles. The van der Waals surface area contributed by atoms with Crippen LogP contribution in [-0.2, 0) is 61.8 Å². The number of esters is 6. The average Bonchev–Trinajstić information content (AvgIpc) is 3.00. The van der Waals surface area contributed by atoms with E-state index in [0.717, 1.165) is 12.2 Å². The van der Waals surface area contributed by atoms with E-state index in [1.54, 1.807) is 12.1 Å². The molecule has 1 N–H and O–H groups in total. The fraction of sp³-hybridized carbons (Fsp3) is 0.241. The summed E-state index contributed by atoms with van der Waals surface area (Å²) in [7, 11) is -4.75. The molecular formula is C29H28O15P-. The zero-order chi connectivity index (χ0) is 33.4. The molecule has 240 valence electrons. The first-order valence-electron chi connectivity index (χ1n) is 12.8. The standard InChI is InChI=1S/C29H29O15P/c1-3-24(31)39-16-41-26(33)13-19(29(36)44-18-43-28(35)14-27(34)42-17-40-25(32)4-2)15-45(37,38)23-12-8-6-10-21(23)20-9-5-7-11-22(20)30/h3-12,19,30H,1-2,13-18H2,(H,37,38)/p-1. The number of carbonyl (C=O) groups excluding carboxylic acids is 6. The first kappa shape index (κ1) is 35.9. The topological polar surface area (TPSA) is 218 Å². The minimum absolute atomic E-state index is 0.125. The lowest BCUT2D eigenvalue weighted by Gasteiger charge is -2.29. The van der Waals surface area contributed by atoms with Crippen LogP contribution in [0.3, 0.4) is 0 Å². The predicted octanol–water partition coefficient (Wildman–Crippen LogP) is 1.22. The Morgan fingerprint density at radius 1 is 0.733 bits per heavy atom. The molecule has 15 nitrogen and oxygen atoms in total. The van der Waals surface area contributed by atoms with Gasteiger partial charge in [-0.05, 0) is 11.6 Å². The summed E-state index contributed by atoms with van der Waals surface area (Å²) in [6, 6.07) is 11.6. The van der Waals surface area contributed by atoms with Gasteiger partial charge in [-0.3, -0.25) is 19.2 Å². The maximum absolute atomic E-state index is 13.6. The van der Waals surface area contributed by atoms with Crippen molar-refractivity contribution in [2.24, 2.45) is 5.92 Å². The maximum Gasteiger partial charge on any atom is 0.333 e. The number of hydrogen-bond acceptors (Lipinski definition) is 15. The molecule has 2 unspecified atom stereocenters. The lowest BCUT2D eigenvalue weighted by atomic mass is 10.0. The average molecular weight is 648 g/mol. The lowest BCUT2D eigenvalue weighted by molar-refractivity contribution is -0.180. The van der Waals surface area contributed by atoms with Crippen LogP contribution < -0.4 is 10.2 Å². The van der Waals surface area contributed by atoms with Crippen LogP contribution in [-0.4, -0.2) is 67.5 Å². The van der Waals surface area contributed by atoms with Gasteiger partial charge >= 0.3 is 35.8 Å². The van der Waals surface area contributed by atoms with Gasteiger partial charge in [-0.2, -0.15) is 0 Å². The second kappa shape index (κ2) is 17.8. The molecular weight excluding hydrogens is 619 g/mol. The van der Waals surface area contributed by atoms with Gasteiger partial charge in [0.1, 0.15) is 12.2 Å². The molecule has 0 bridgehead atoms. The Balaban J connectivity index is 2.14. The normalized spacial score (nSPS) is 12.3. The van der Waals surface area contributed by atoms with Gasteiger partial charge in [0.05, 0.1) is 12.3 Å². The molecule has 2 atom stereocenters. The Bertz CT molecular complexity index is 1480. The monoisotopic (exact) mass is 647 g/mol. The van der Waals surface area contributed by atoms with E-state index >= 15 is 0 Å². The van der Waals surface area contributed by atoms with Crippen LogP contribution in [0.5, 0.6) is 5.75 Å². The predicted molar refractivity (Wildman–Crippen MR) is 150 cm³/mol. The highest BCUT2D eigenvalue weighted by Gasteiger charge is 2.31. The smallest absolute Gasteiger partial charge is 0.333 e. The molecule has 2 aromatic rings. The number of aromatic hydroxyl groups is 1. The van der Waals surface area contributed by atoms with Crippen molar-refractivity contribution in [3.8, 4) is 16.9 Å². The van der Waals surface area contributed by atoms with Crippen LogP contribution in [0.25, 0.3) is 11.1 Å². The zero-order valence-corrected chi connectivity index (χ0v) is 24.5. The highest BCUT2D eigenvalue weighted by atomic mass is 31.2. The quantitative estimate of drug-likeness (QED) is 0.0637. The van der Waals surface area contributed by atoms with Crippen LogP contribution in [0.2, 0.25) is 0 Å². The number of carbonyl (C=O) groups is 6. The summed E-state index contributed by atoms with van der Waals surface area (Å²) in [4.78, 5) is 84.4. The number of phenols is 1. The second-order valence-electron chi connectivity index (χ2n) is 8.67. The number of phenolic OH excluding ortho intramolecular Hbond substituents is 1. The van der Waals surface area contributed by atoms with Crippen molar-refractivity contribution in [3.63, 3.8) is 0 Å². The van der Waals surface area contributed by atoms with Gasteiger partial charge in [-0.1, -0.05) is 55.6 Å². The molecule has 0 heterocycles. The SMILES string of the molecule is C=CC(=O)OCOC(=O)CC(=O)OCOC(=O)C(CC(=O)OCOC(=O)C=C)CP(=O)([O-])c1ccccc1-c1ccccc1O. The van der Waals surface area contributed by atoms with Crippen molar-refractivity contribution in [2.75, 3.05) is 26.5 Å². The second-order valence-corrected chi connectivity index (χ2v) is 10.9. The van der Waals surface area contributed by atoms with Crippen LogP contribution >= 0.6 is 7.37 Å². The van der Waals surface area contributed by atoms with Crippen molar-refractivity contribution < 1.29 is 71.8 Å². The molecule has 0 amide bonds. The maximum atomic E-state index is 13.6. The molecule has 0 aromatic heterocycles. The molecule has 2 rings (SSSR count). The third kappa shape index (κ3) is 12.1. The largest absolute Gasteiger partial charge is 0.796 e. The van der Waals surface area contributed by atoms with Gasteiger partial charge in [-0.25, -0.2) is 9.59 Å². The van der Waals surface area contributed by atoms with Crippen molar-refractivity contribution in [1.82, 2.24) is 0 Å². The van der Waals surface area contributed by atoms with E-state index in [1.165, 1.54) is 36.4 Å². The van der Waals surface area contributed by atoms with Crippen LogP contribution in [0.1, 0.15) is 12.8 Å². The Morgan fingerprint density at radius 3 is 1.78 bits per heavy atom. The van der Waals surface area contributed by atoms with Gasteiger partial charge in [0.15, 0.2) is 0 Å². The van der Waals surface area contributed by atoms with Gasteiger partial charge in [0.2, 0.25) is 20.4 Å². The van der Waals surface area contributed by atoms with Crippen molar-refractivity contribution >= 4 is 48.5 Å². The summed E-state index contributed by atoms with van der Waals surface area (Å²) in [5.41, 5.74) is 0.316. The van der Waals surface area contributed by atoms with Gasteiger partial charge in [0, 0.05) is 36.6 Å². The van der Waals surface area contributed by atoms with E-state index in [-0.39, 0.29) is 22.2 Å². The van der Waals surface area contributed by atoms with E-state index in [1.807, 2.05) is 0 Å². The van der Waals surface area contributed by atoms with Crippen LogP contribution in [0.15, 0.2) is 73.8 Å². The number of para-hydroxylation sites is 1. The molecule has 0 aliphatic carbocycles. The first-order valence-corrected chi connectivity index (χ1v) is 14.6. The Morgan fingerprint density at radius 2 is 1.22 bits per heavy atom. The first-order chi connectivity index (χ1) is 21.4. The molecule has 0 aliphatic heterocycles. The van der Waals surface area contributed by atoms with Crippen LogP contribution in [0.4, 0.5) is 0 Å². The highest BCUT2D eigenvalue weighted by molar-refractivity contribution is 7.65. The molecule has 2 aromatic carbocycles. The number of benzene rings is 2. The van der Waals surface area contributed by atoms with E-state index in [0.29, 0.717) is 0 Å². The Labute approximate surface area is 256 Å². The minimum atomic E-state index is -4.75. The minimum Gasteiger partial charge on any atom is -0.796 e. The number of hydrogen-bond donors (Lipinski definition) is 1. The Kier molecular flexibility index (Phi) is 14.2. The summed E-state index contributed by atoms with van der Waals surface area (Å²) >= 11 is 0. The van der Waals surface area contributed by atoms with Crippen molar-refractivity contribution in [2.45, 2.75) is 12.8 Å². The molecule has 0 fully saturated rings. The van der Waals surface area contributed by atoms with E-state index in [4.69, 9.17) is 9.47 Å². The lowest BCUT2D eigenvalue weighted by Crippen LogP contribution is -2.31. The van der Waals surface area contributed by atoms with Gasteiger partial charge < -0.3 is 43.0 Å². The molecule has 0 saturated carbocycles. The molecule has 0 radical (unpaired) electrons. The molecule has 45 heavy (non-hydrogen) atoms. The summed E-state index contributed by atoms with van der Waals surface area (Å²) in [5.74, 6) is -8.49. The van der Waals surface area contributed by atoms with Gasteiger partial charge in [-0.15, -0.1) is 0 Å². The third-order valence-electron chi connectivity index (χ3n) is 5.56. The summed E-state index contributed by atoms with van der Waals surface area (Å²) < 4.78 is 41.2. The van der Waals surface area contributed by atoms with Crippen molar-refractivity contribution in [1.29, 1.82) is 0 Å². The molecule has 0 aliphatic rings. The third-order valence-corrected chi connectivity index (χ3v) is 7.60. The summed E-state index contributed by atoms with van der Waals surface area (Å²) in [6.07, 6.45) is -1.16. The number of ether oxygens (including phenoxy) is 6. The summed E-state index contributed by atoms with van der Waals surface area (Å²) in [6.45, 7) is 3.60. The molecule has 16 heteroatoms. The highest BCUT2D eigenvalue weighted by Crippen LogP contribution is 2.42. The van der Waals surface area contributed by atoms with Crippen molar-refractivity contribution in [3.05, 3.63) is 73.8 Å². The Hall–Kier alpha value is -5.27. The van der Waals surface area contributed by atoms with E-state index in [2.05, 4.69) is 32.1 Å². The van der Waals surface area contributed by atoms with Crippen LogP contribution in [0, 0.1) is 5.92 Å². The molecule has 0 spiro atoms. The zero-order valence-electron chi connectivity index (χ0n) is 23.6. The van der Waals surface area contributed by atoms with Gasteiger partial charge in [0.25, 0.3) is 0 Å². The fourth-order valence-electron chi connectivity index (χ4n) is 3.49. The summed E-state index contributed by atoms with van der Waals surface area (Å²) in [5, 5.41) is 10.0. The fourth-order valence-corrected chi connectivity index (χ4v) is 5.42. The van der Waals surface area contributed by atoms with E-state index < -0.39 is 88.5 Å². The number of rotatable bonds is 17. The van der Waals surface area contributed by atoms with E-state index in [9.17, 15) is 43.3 Å².